The van der Waals surface area contributed by atoms with Gasteiger partial charge in [-0.15, -0.1) is 0 Å². The summed E-state index contributed by atoms with van der Waals surface area (Å²) in [4.78, 5) is 30.9. The Kier molecular flexibility index (Phi) is 5.89. The number of carbonyl (C=O) groups excluding carboxylic acids is 1. The molecular formula is C23H30N8O. The molecule has 32 heavy (non-hydrogen) atoms. The molecule has 2 aromatic heterocycles. The Labute approximate surface area is 188 Å². The Morgan fingerprint density at radius 1 is 0.906 bits per heavy atom. The van der Waals surface area contributed by atoms with Gasteiger partial charge in [-0.05, 0) is 18.7 Å². The Morgan fingerprint density at radius 3 is 2.34 bits per heavy atom. The summed E-state index contributed by atoms with van der Waals surface area (Å²) in [6.45, 7) is 10.5. The molecule has 0 radical (unpaired) electrons. The molecular weight excluding hydrogens is 404 g/mol. The van der Waals surface area contributed by atoms with Crippen LogP contribution in [0.4, 0.5) is 11.5 Å². The lowest BCUT2D eigenvalue weighted by molar-refractivity contribution is -0.133. The average molecular weight is 435 g/mol. The first-order valence-electron chi connectivity index (χ1n) is 11.4. The van der Waals surface area contributed by atoms with Gasteiger partial charge in [0.2, 0.25) is 5.91 Å². The van der Waals surface area contributed by atoms with Crippen LogP contribution in [-0.4, -0.2) is 94.4 Å². The smallest absolute Gasteiger partial charge is 0.244 e. The SMILES string of the molecule is CCN1CCN(C(=O)Cn2ncc3c(N4CCN(c5ccccc5)CC4)ncnc32)CC1. The topological polar surface area (TPSA) is 73.6 Å². The molecule has 0 N–H and O–H groups in total. The number of rotatable bonds is 5. The summed E-state index contributed by atoms with van der Waals surface area (Å²) in [7, 11) is 0. The number of amides is 1. The second-order valence-corrected chi connectivity index (χ2v) is 8.36. The molecule has 168 valence electrons. The fourth-order valence-electron chi connectivity index (χ4n) is 4.61. The van der Waals surface area contributed by atoms with Crippen molar-refractivity contribution in [3.8, 4) is 0 Å². The molecule has 4 heterocycles. The third-order valence-electron chi connectivity index (χ3n) is 6.57. The normalized spacial score (nSPS) is 17.8. The molecule has 0 saturated carbocycles. The van der Waals surface area contributed by atoms with Gasteiger partial charge in [-0.1, -0.05) is 25.1 Å². The fraction of sp³-hybridized carbons (Fsp3) is 0.478. The van der Waals surface area contributed by atoms with Crippen molar-refractivity contribution in [1.29, 1.82) is 0 Å². The summed E-state index contributed by atoms with van der Waals surface area (Å²) in [5.41, 5.74) is 1.98. The van der Waals surface area contributed by atoms with E-state index in [1.54, 1.807) is 17.2 Å². The number of para-hydroxylation sites is 1. The lowest BCUT2D eigenvalue weighted by Crippen LogP contribution is -2.49. The molecule has 0 unspecified atom stereocenters. The van der Waals surface area contributed by atoms with Gasteiger partial charge < -0.3 is 19.6 Å². The maximum absolute atomic E-state index is 12.8. The predicted molar refractivity (Wildman–Crippen MR) is 125 cm³/mol. The van der Waals surface area contributed by atoms with Crippen molar-refractivity contribution in [2.24, 2.45) is 0 Å². The summed E-state index contributed by atoms with van der Waals surface area (Å²) in [6.07, 6.45) is 3.39. The van der Waals surface area contributed by atoms with Crippen LogP contribution in [0.2, 0.25) is 0 Å². The first-order chi connectivity index (χ1) is 15.7. The summed E-state index contributed by atoms with van der Waals surface area (Å²) in [6, 6.07) is 10.5. The van der Waals surface area contributed by atoms with Gasteiger partial charge in [-0.25, -0.2) is 14.6 Å². The van der Waals surface area contributed by atoms with Gasteiger partial charge in [-0.2, -0.15) is 5.10 Å². The number of fused-ring (bicyclic) bond motifs is 1. The Morgan fingerprint density at radius 2 is 1.62 bits per heavy atom. The molecule has 0 aliphatic carbocycles. The molecule has 0 spiro atoms. The molecule has 2 aliphatic rings. The van der Waals surface area contributed by atoms with Crippen molar-refractivity contribution >= 4 is 28.4 Å². The monoisotopic (exact) mass is 434 g/mol. The van der Waals surface area contributed by atoms with Gasteiger partial charge >= 0.3 is 0 Å². The molecule has 0 atom stereocenters. The van der Waals surface area contributed by atoms with E-state index < -0.39 is 0 Å². The molecule has 2 fully saturated rings. The minimum absolute atomic E-state index is 0.0994. The summed E-state index contributed by atoms with van der Waals surface area (Å²) in [5.74, 6) is 1.00. The lowest BCUT2D eigenvalue weighted by Gasteiger charge is -2.36. The predicted octanol–water partition coefficient (Wildman–Crippen LogP) is 1.32. The molecule has 2 saturated heterocycles. The second kappa shape index (κ2) is 9.12. The maximum atomic E-state index is 12.8. The van der Waals surface area contributed by atoms with Gasteiger partial charge in [0.05, 0.1) is 11.6 Å². The van der Waals surface area contributed by atoms with E-state index in [0.717, 1.165) is 75.8 Å². The minimum atomic E-state index is 0.0994. The van der Waals surface area contributed by atoms with Crippen LogP contribution < -0.4 is 9.80 Å². The Balaban J connectivity index is 1.27. The molecule has 1 aromatic carbocycles. The van der Waals surface area contributed by atoms with Crippen LogP contribution in [0.3, 0.4) is 0 Å². The molecule has 9 heteroatoms. The molecule has 5 rings (SSSR count). The van der Waals surface area contributed by atoms with Crippen LogP contribution >= 0.6 is 0 Å². The standard InChI is InChI=1S/C23H30N8O/c1-2-27-8-10-29(11-9-27)21(32)17-31-23-20(16-26-31)22(24-18-25-23)30-14-12-28(13-15-30)19-6-4-3-5-7-19/h3-7,16,18H,2,8-15,17H2,1H3. The van der Waals surface area contributed by atoms with Crippen LogP contribution in [-0.2, 0) is 11.3 Å². The third-order valence-corrected chi connectivity index (χ3v) is 6.57. The maximum Gasteiger partial charge on any atom is 0.244 e. The summed E-state index contributed by atoms with van der Waals surface area (Å²) >= 11 is 0. The number of carbonyl (C=O) groups is 1. The van der Waals surface area contributed by atoms with Crippen LogP contribution in [0.1, 0.15) is 6.92 Å². The number of aromatic nitrogens is 4. The van der Waals surface area contributed by atoms with Crippen molar-refractivity contribution < 1.29 is 4.79 Å². The van der Waals surface area contributed by atoms with Crippen molar-refractivity contribution in [3.63, 3.8) is 0 Å². The molecule has 0 bridgehead atoms. The van der Waals surface area contributed by atoms with Gasteiger partial charge in [-0.3, -0.25) is 4.79 Å². The summed E-state index contributed by atoms with van der Waals surface area (Å²) in [5, 5.41) is 5.41. The first kappa shape index (κ1) is 20.7. The van der Waals surface area contributed by atoms with E-state index >= 15 is 0 Å². The molecule has 3 aromatic rings. The van der Waals surface area contributed by atoms with Crippen LogP contribution in [0.25, 0.3) is 11.0 Å². The highest BCUT2D eigenvalue weighted by molar-refractivity contribution is 5.88. The number of hydrogen-bond acceptors (Lipinski definition) is 7. The number of piperazine rings is 2. The van der Waals surface area contributed by atoms with Gasteiger partial charge in [0.1, 0.15) is 18.7 Å². The van der Waals surface area contributed by atoms with Gasteiger partial charge in [0.15, 0.2) is 5.65 Å². The van der Waals surface area contributed by atoms with Crippen molar-refractivity contribution in [1.82, 2.24) is 29.5 Å². The van der Waals surface area contributed by atoms with E-state index in [1.807, 2.05) is 11.0 Å². The van der Waals surface area contributed by atoms with Crippen LogP contribution in [0.15, 0.2) is 42.9 Å². The van der Waals surface area contributed by atoms with Crippen molar-refractivity contribution in [2.75, 3.05) is 68.7 Å². The van der Waals surface area contributed by atoms with Crippen LogP contribution in [0.5, 0.6) is 0 Å². The zero-order valence-corrected chi connectivity index (χ0v) is 18.6. The van der Waals surface area contributed by atoms with Crippen LogP contribution in [0, 0.1) is 0 Å². The average Bonchev–Trinajstić information content (AvgIpc) is 3.27. The number of hydrogen-bond donors (Lipinski definition) is 0. The molecule has 2 aliphatic heterocycles. The van der Waals surface area contributed by atoms with E-state index in [-0.39, 0.29) is 12.5 Å². The zero-order chi connectivity index (χ0) is 21.9. The summed E-state index contributed by atoms with van der Waals surface area (Å²) < 4.78 is 1.72. The van der Waals surface area contributed by atoms with Crippen molar-refractivity contribution in [2.45, 2.75) is 13.5 Å². The lowest BCUT2D eigenvalue weighted by atomic mass is 10.2. The number of anilines is 2. The quantitative estimate of drug-likeness (QED) is 0.600. The fourth-order valence-corrected chi connectivity index (χ4v) is 4.61. The highest BCUT2D eigenvalue weighted by atomic mass is 16.2. The highest BCUT2D eigenvalue weighted by Crippen LogP contribution is 2.25. The van der Waals surface area contributed by atoms with Gasteiger partial charge in [0, 0.05) is 58.0 Å². The minimum Gasteiger partial charge on any atom is -0.368 e. The Bertz CT molecular complexity index is 1050. The molecule has 1 amide bonds. The van der Waals surface area contributed by atoms with E-state index in [0.29, 0.717) is 0 Å². The Hall–Kier alpha value is -3.20. The highest BCUT2D eigenvalue weighted by Gasteiger charge is 2.24. The number of nitrogens with zero attached hydrogens (tertiary/aromatic N) is 8. The van der Waals surface area contributed by atoms with E-state index in [4.69, 9.17) is 0 Å². The first-order valence-corrected chi connectivity index (χ1v) is 11.4. The molecule has 9 nitrogen and oxygen atoms in total. The zero-order valence-electron chi connectivity index (χ0n) is 18.6. The van der Waals surface area contributed by atoms with Crippen molar-refractivity contribution in [3.05, 3.63) is 42.9 Å². The van der Waals surface area contributed by atoms with E-state index in [1.165, 1.54) is 5.69 Å². The van der Waals surface area contributed by atoms with E-state index in [2.05, 4.69) is 61.0 Å². The number of benzene rings is 1. The second-order valence-electron chi connectivity index (χ2n) is 8.36. The van der Waals surface area contributed by atoms with Gasteiger partial charge in [0.25, 0.3) is 0 Å². The third kappa shape index (κ3) is 4.12. The number of likely N-dealkylation sites (N-methyl/N-ethyl adjacent to an activating group) is 1. The largest absolute Gasteiger partial charge is 0.368 e. The van der Waals surface area contributed by atoms with E-state index in [9.17, 15) is 4.79 Å².